The third-order valence-corrected chi connectivity index (χ3v) is 4.45. The lowest BCUT2D eigenvalue weighted by Gasteiger charge is -2.27. The van der Waals surface area contributed by atoms with Crippen molar-refractivity contribution in [3.63, 3.8) is 0 Å². The Balaban J connectivity index is 2.51. The van der Waals surface area contributed by atoms with Crippen LogP contribution in [0.4, 0.5) is 0 Å². The van der Waals surface area contributed by atoms with Gasteiger partial charge >= 0.3 is 5.97 Å². The summed E-state index contributed by atoms with van der Waals surface area (Å²) in [6.07, 6.45) is 0. The first-order valence-corrected chi connectivity index (χ1v) is 8.22. The summed E-state index contributed by atoms with van der Waals surface area (Å²) >= 11 is 0. The Bertz CT molecular complexity index is 384. The molecule has 1 N–H and O–H groups in total. The monoisotopic (exact) mass is 312 g/mol. The van der Waals surface area contributed by atoms with Crippen molar-refractivity contribution in [2.75, 3.05) is 46.9 Å². The van der Waals surface area contributed by atoms with E-state index in [0.29, 0.717) is 12.6 Å². The lowest BCUT2D eigenvalue weighted by Crippen LogP contribution is -2.44. The Hall–Kier alpha value is -1.30. The van der Waals surface area contributed by atoms with Crippen LogP contribution in [0.3, 0.4) is 0 Å². The molecular weight excluding hydrogens is 280 g/mol. The SMILES string of the molecule is CCN(CCNC(=NC)N1CC(C)C(C(=O)OC)C1)C(C)C. The third kappa shape index (κ3) is 4.87. The number of carbonyl (C=O) groups is 1. The highest BCUT2D eigenvalue weighted by atomic mass is 16.5. The lowest BCUT2D eigenvalue weighted by atomic mass is 9.99. The molecule has 0 amide bonds. The maximum Gasteiger partial charge on any atom is 0.310 e. The van der Waals surface area contributed by atoms with Gasteiger partial charge in [-0.25, -0.2) is 0 Å². The second-order valence-electron chi connectivity index (χ2n) is 6.21. The molecule has 0 bridgehead atoms. The molecule has 1 heterocycles. The highest BCUT2D eigenvalue weighted by Crippen LogP contribution is 2.23. The van der Waals surface area contributed by atoms with E-state index in [9.17, 15) is 4.79 Å². The van der Waals surface area contributed by atoms with Gasteiger partial charge < -0.3 is 15.0 Å². The summed E-state index contributed by atoms with van der Waals surface area (Å²) in [4.78, 5) is 20.7. The van der Waals surface area contributed by atoms with Gasteiger partial charge in [0.1, 0.15) is 0 Å². The van der Waals surface area contributed by atoms with Crippen LogP contribution in [0, 0.1) is 11.8 Å². The van der Waals surface area contributed by atoms with Crippen molar-refractivity contribution < 1.29 is 9.53 Å². The number of aliphatic imine (C=N–C) groups is 1. The van der Waals surface area contributed by atoms with E-state index < -0.39 is 0 Å². The fraction of sp³-hybridized carbons (Fsp3) is 0.875. The molecule has 6 nitrogen and oxygen atoms in total. The number of nitrogens with one attached hydrogen (secondary N) is 1. The van der Waals surface area contributed by atoms with E-state index >= 15 is 0 Å². The summed E-state index contributed by atoms with van der Waals surface area (Å²) in [7, 11) is 3.24. The number of carbonyl (C=O) groups excluding carboxylic acids is 1. The van der Waals surface area contributed by atoms with Crippen LogP contribution in [0.1, 0.15) is 27.7 Å². The van der Waals surface area contributed by atoms with Gasteiger partial charge in [-0.3, -0.25) is 14.7 Å². The second kappa shape index (κ2) is 8.98. The molecule has 0 spiro atoms. The standard InChI is InChI=1S/C16H32N4O2/c1-7-19(12(2)3)9-8-18-16(17-5)20-10-13(4)14(11-20)15(21)22-6/h12-14H,7-11H2,1-6H3,(H,17,18). The van der Waals surface area contributed by atoms with Crippen LogP contribution in [0.5, 0.6) is 0 Å². The highest BCUT2D eigenvalue weighted by molar-refractivity contribution is 5.82. The Kier molecular flexibility index (Phi) is 7.65. The number of esters is 1. The molecule has 1 saturated heterocycles. The third-order valence-electron chi connectivity index (χ3n) is 4.45. The smallest absolute Gasteiger partial charge is 0.310 e. The molecule has 1 fully saturated rings. The molecule has 0 radical (unpaired) electrons. The van der Waals surface area contributed by atoms with Crippen molar-refractivity contribution >= 4 is 11.9 Å². The van der Waals surface area contributed by atoms with Gasteiger partial charge in [-0.15, -0.1) is 0 Å². The molecule has 1 rings (SSSR count). The molecule has 2 unspecified atom stereocenters. The van der Waals surface area contributed by atoms with E-state index in [1.807, 2.05) is 0 Å². The molecule has 22 heavy (non-hydrogen) atoms. The van der Waals surface area contributed by atoms with Crippen molar-refractivity contribution in [3.05, 3.63) is 0 Å². The van der Waals surface area contributed by atoms with Crippen molar-refractivity contribution in [3.8, 4) is 0 Å². The number of hydrogen-bond acceptors (Lipinski definition) is 4. The zero-order chi connectivity index (χ0) is 16.7. The van der Waals surface area contributed by atoms with Gasteiger partial charge in [0.15, 0.2) is 5.96 Å². The molecule has 0 aromatic rings. The predicted molar refractivity (Wildman–Crippen MR) is 90.0 cm³/mol. The maximum atomic E-state index is 11.8. The van der Waals surface area contributed by atoms with Crippen LogP contribution in [-0.4, -0.2) is 74.7 Å². The minimum absolute atomic E-state index is 0.0636. The predicted octanol–water partition coefficient (Wildman–Crippen LogP) is 1.03. The van der Waals surface area contributed by atoms with E-state index in [-0.39, 0.29) is 17.8 Å². The van der Waals surface area contributed by atoms with Gasteiger partial charge in [0, 0.05) is 39.3 Å². The van der Waals surface area contributed by atoms with Crippen molar-refractivity contribution in [2.24, 2.45) is 16.8 Å². The summed E-state index contributed by atoms with van der Waals surface area (Å²) in [6.45, 7) is 13.1. The maximum absolute atomic E-state index is 11.8. The molecule has 128 valence electrons. The summed E-state index contributed by atoms with van der Waals surface area (Å²) in [5, 5.41) is 3.41. The molecular formula is C16H32N4O2. The second-order valence-corrected chi connectivity index (χ2v) is 6.21. The lowest BCUT2D eigenvalue weighted by molar-refractivity contribution is -0.145. The van der Waals surface area contributed by atoms with Crippen LogP contribution < -0.4 is 5.32 Å². The first-order chi connectivity index (χ1) is 10.4. The first-order valence-electron chi connectivity index (χ1n) is 8.22. The Labute approximate surface area is 134 Å². The van der Waals surface area contributed by atoms with Crippen LogP contribution in [0.2, 0.25) is 0 Å². The first kappa shape index (κ1) is 18.7. The molecule has 1 aliphatic rings. The average Bonchev–Trinajstić information content (AvgIpc) is 2.88. The largest absolute Gasteiger partial charge is 0.469 e. The summed E-state index contributed by atoms with van der Waals surface area (Å²) < 4.78 is 4.89. The van der Waals surface area contributed by atoms with Gasteiger partial charge in [-0.2, -0.15) is 0 Å². The van der Waals surface area contributed by atoms with E-state index in [1.54, 1.807) is 7.05 Å². The fourth-order valence-electron chi connectivity index (χ4n) is 3.02. The Morgan fingerprint density at radius 3 is 2.64 bits per heavy atom. The van der Waals surface area contributed by atoms with E-state index in [4.69, 9.17) is 4.74 Å². The highest BCUT2D eigenvalue weighted by Gasteiger charge is 2.36. The Morgan fingerprint density at radius 1 is 1.45 bits per heavy atom. The van der Waals surface area contributed by atoms with Crippen LogP contribution in [0.25, 0.3) is 0 Å². The molecule has 2 atom stereocenters. The fourth-order valence-corrected chi connectivity index (χ4v) is 3.02. The van der Waals surface area contributed by atoms with Gasteiger partial charge in [-0.1, -0.05) is 13.8 Å². The van der Waals surface area contributed by atoms with E-state index in [0.717, 1.165) is 32.1 Å². The van der Waals surface area contributed by atoms with Gasteiger partial charge in [0.2, 0.25) is 0 Å². The molecule has 0 aromatic carbocycles. The van der Waals surface area contributed by atoms with Crippen molar-refractivity contribution in [2.45, 2.75) is 33.7 Å². The minimum Gasteiger partial charge on any atom is -0.469 e. The van der Waals surface area contributed by atoms with Crippen molar-refractivity contribution in [1.29, 1.82) is 0 Å². The number of methoxy groups -OCH3 is 1. The number of ether oxygens (including phenoxy) is 1. The zero-order valence-corrected chi connectivity index (χ0v) is 14.9. The number of guanidine groups is 1. The molecule has 1 aliphatic heterocycles. The van der Waals surface area contributed by atoms with E-state index in [2.05, 4.69) is 47.8 Å². The van der Waals surface area contributed by atoms with Gasteiger partial charge in [0.25, 0.3) is 0 Å². The number of rotatable bonds is 6. The van der Waals surface area contributed by atoms with E-state index in [1.165, 1.54) is 7.11 Å². The summed E-state index contributed by atoms with van der Waals surface area (Å²) in [5.41, 5.74) is 0. The Morgan fingerprint density at radius 2 is 2.14 bits per heavy atom. The number of hydrogen-bond donors (Lipinski definition) is 1. The molecule has 0 aromatic heterocycles. The summed E-state index contributed by atoms with van der Waals surface area (Å²) in [5.74, 6) is 0.973. The molecule has 0 saturated carbocycles. The van der Waals surface area contributed by atoms with Crippen molar-refractivity contribution in [1.82, 2.24) is 15.1 Å². The minimum atomic E-state index is -0.123. The normalized spacial score (nSPS) is 22.5. The average molecular weight is 312 g/mol. The number of nitrogens with zero attached hydrogens (tertiary/aromatic N) is 3. The van der Waals surface area contributed by atoms with Gasteiger partial charge in [0.05, 0.1) is 13.0 Å². The van der Waals surface area contributed by atoms with Crippen LogP contribution >= 0.6 is 0 Å². The molecule has 0 aliphatic carbocycles. The molecule has 6 heteroatoms. The zero-order valence-electron chi connectivity index (χ0n) is 14.9. The quantitative estimate of drug-likeness (QED) is 0.451. The topological polar surface area (TPSA) is 57.2 Å². The number of likely N-dealkylation sites (tertiary alicyclic amines) is 1. The van der Waals surface area contributed by atoms with Gasteiger partial charge in [-0.05, 0) is 26.3 Å². The summed E-state index contributed by atoms with van der Waals surface area (Å²) in [6, 6.07) is 0.546. The van der Waals surface area contributed by atoms with Crippen LogP contribution in [0.15, 0.2) is 4.99 Å². The number of likely N-dealkylation sites (N-methyl/N-ethyl adjacent to an activating group) is 1. The van der Waals surface area contributed by atoms with Crippen LogP contribution in [-0.2, 0) is 9.53 Å².